The molecule has 0 bridgehead atoms. The van der Waals surface area contributed by atoms with E-state index < -0.39 is 37.1 Å². The minimum Gasteiger partial charge on any atom is -0.394 e. The molecule has 0 aliphatic heterocycles. The fourth-order valence-electron chi connectivity index (χ4n) is 4.15. The normalized spacial score (nSPS) is 16.0. The molecule has 0 saturated heterocycles. The predicted molar refractivity (Wildman–Crippen MR) is 148 cm³/mol. The van der Waals surface area contributed by atoms with E-state index >= 15 is 0 Å². The molecule has 5 atom stereocenters. The summed E-state index contributed by atoms with van der Waals surface area (Å²) < 4.78 is 5.39. The summed E-state index contributed by atoms with van der Waals surface area (Å²) in [7, 11) is 0. The second kappa shape index (κ2) is 25.3. The average Bonchev–Trinajstić information content (AvgIpc) is 2.89. The summed E-state index contributed by atoms with van der Waals surface area (Å²) in [6.45, 7) is 3.27. The lowest BCUT2D eigenvalue weighted by Crippen LogP contribution is -2.51. The van der Waals surface area contributed by atoms with Crippen LogP contribution >= 0.6 is 0 Å². The van der Waals surface area contributed by atoms with Crippen molar-refractivity contribution < 1.29 is 35.1 Å². The Morgan fingerprint density at radius 2 is 1.30 bits per heavy atom. The Balaban J connectivity index is 4.39. The molecule has 0 aromatic rings. The van der Waals surface area contributed by atoms with Crippen molar-refractivity contribution in [3.63, 3.8) is 0 Å². The van der Waals surface area contributed by atoms with E-state index in [1.807, 2.05) is 13.0 Å². The highest BCUT2D eigenvalue weighted by Gasteiger charge is 2.28. The molecule has 8 heteroatoms. The van der Waals surface area contributed by atoms with E-state index in [4.69, 9.17) is 9.84 Å². The molecule has 0 rings (SSSR count). The summed E-state index contributed by atoms with van der Waals surface area (Å²) in [4.78, 5) is 12.3. The number of amides is 1. The number of aliphatic hydroxyl groups excluding tert-OH is 5. The van der Waals surface area contributed by atoms with Gasteiger partial charge in [-0.2, -0.15) is 0 Å². The fourth-order valence-corrected chi connectivity index (χ4v) is 4.15. The van der Waals surface area contributed by atoms with Crippen molar-refractivity contribution in [3.05, 3.63) is 12.2 Å². The highest BCUT2D eigenvalue weighted by molar-refractivity contribution is 5.77. The first-order valence-corrected chi connectivity index (χ1v) is 14.7. The Hall–Kier alpha value is -1.03. The quantitative estimate of drug-likeness (QED) is 0.0738. The molecule has 220 valence electrons. The van der Waals surface area contributed by atoms with Crippen LogP contribution in [0.25, 0.3) is 0 Å². The molecule has 1 amide bonds. The highest BCUT2D eigenvalue weighted by atomic mass is 16.5. The Kier molecular flexibility index (Phi) is 24.6. The van der Waals surface area contributed by atoms with E-state index in [1.165, 1.54) is 57.8 Å². The SMILES string of the molecule is CCCC=CCC(=O)N[C@@H](COCC(O)[C@@H](O)CO)[C@H](O)[C@H](O)CCCCCCCCCCCCCC. The van der Waals surface area contributed by atoms with Crippen LogP contribution in [0.2, 0.25) is 0 Å². The number of ether oxygens (including phenoxy) is 1. The van der Waals surface area contributed by atoms with Crippen molar-refractivity contribution in [2.45, 2.75) is 147 Å². The Bertz CT molecular complexity index is 546. The zero-order chi connectivity index (χ0) is 27.7. The van der Waals surface area contributed by atoms with E-state index in [-0.39, 0.29) is 25.5 Å². The summed E-state index contributed by atoms with van der Waals surface area (Å²) in [6, 6.07) is -0.863. The topological polar surface area (TPSA) is 139 Å². The third-order valence-electron chi connectivity index (χ3n) is 6.65. The molecule has 6 N–H and O–H groups in total. The molecule has 0 aliphatic rings. The number of unbranched alkanes of at least 4 members (excludes halogenated alkanes) is 12. The molecule has 0 radical (unpaired) electrons. The molecule has 0 fully saturated rings. The summed E-state index contributed by atoms with van der Waals surface area (Å²) in [5.74, 6) is -0.298. The van der Waals surface area contributed by atoms with Crippen LogP contribution in [0.3, 0.4) is 0 Å². The van der Waals surface area contributed by atoms with E-state index in [1.54, 1.807) is 6.08 Å². The number of allylic oxidation sites excluding steroid dienone is 1. The van der Waals surface area contributed by atoms with Gasteiger partial charge in [0.05, 0.1) is 32.0 Å². The first-order chi connectivity index (χ1) is 17.9. The van der Waals surface area contributed by atoms with Crippen molar-refractivity contribution in [2.75, 3.05) is 19.8 Å². The summed E-state index contributed by atoms with van der Waals surface area (Å²) in [5.41, 5.74) is 0. The Labute approximate surface area is 225 Å². The maximum Gasteiger partial charge on any atom is 0.224 e. The van der Waals surface area contributed by atoms with Crippen molar-refractivity contribution >= 4 is 5.91 Å². The summed E-state index contributed by atoms with van der Waals surface area (Å²) in [5, 5.41) is 52.1. The molecule has 1 unspecified atom stereocenters. The molecule has 0 aromatic carbocycles. The van der Waals surface area contributed by atoms with Crippen LogP contribution in [0, 0.1) is 0 Å². The van der Waals surface area contributed by atoms with Crippen molar-refractivity contribution in [3.8, 4) is 0 Å². The second-order valence-electron chi connectivity index (χ2n) is 10.2. The van der Waals surface area contributed by atoms with Crippen LogP contribution in [0.5, 0.6) is 0 Å². The first-order valence-electron chi connectivity index (χ1n) is 14.7. The second-order valence-corrected chi connectivity index (χ2v) is 10.2. The van der Waals surface area contributed by atoms with Crippen LogP contribution in [0.1, 0.15) is 117 Å². The Morgan fingerprint density at radius 3 is 1.84 bits per heavy atom. The molecule has 0 aromatic heterocycles. The summed E-state index contributed by atoms with van der Waals surface area (Å²) in [6.07, 6.45) is 15.9. The van der Waals surface area contributed by atoms with Gasteiger partial charge in [-0.3, -0.25) is 4.79 Å². The Morgan fingerprint density at radius 1 is 0.730 bits per heavy atom. The molecule has 0 spiro atoms. The molecular formula is C29H57NO7. The minimum atomic E-state index is -1.34. The van der Waals surface area contributed by atoms with Gasteiger partial charge in [-0.25, -0.2) is 0 Å². The van der Waals surface area contributed by atoms with E-state index in [0.29, 0.717) is 6.42 Å². The number of rotatable bonds is 26. The van der Waals surface area contributed by atoms with Gasteiger partial charge in [0, 0.05) is 6.42 Å². The van der Waals surface area contributed by atoms with Gasteiger partial charge in [0.1, 0.15) is 18.3 Å². The van der Waals surface area contributed by atoms with Crippen LogP contribution in [-0.4, -0.2) is 81.7 Å². The number of aliphatic hydroxyl groups is 5. The van der Waals surface area contributed by atoms with Gasteiger partial charge in [0.15, 0.2) is 0 Å². The molecular weight excluding hydrogens is 474 g/mol. The molecule has 37 heavy (non-hydrogen) atoms. The lowest BCUT2D eigenvalue weighted by molar-refractivity contribution is -0.124. The number of hydrogen-bond acceptors (Lipinski definition) is 7. The average molecular weight is 532 g/mol. The maximum absolute atomic E-state index is 12.3. The number of hydrogen-bond donors (Lipinski definition) is 6. The van der Waals surface area contributed by atoms with Crippen molar-refractivity contribution in [2.24, 2.45) is 0 Å². The third-order valence-corrected chi connectivity index (χ3v) is 6.65. The van der Waals surface area contributed by atoms with Gasteiger partial charge in [-0.05, 0) is 12.8 Å². The molecule has 8 nitrogen and oxygen atoms in total. The van der Waals surface area contributed by atoms with Crippen molar-refractivity contribution in [1.82, 2.24) is 5.32 Å². The van der Waals surface area contributed by atoms with E-state index in [2.05, 4.69) is 12.2 Å². The van der Waals surface area contributed by atoms with Gasteiger partial charge in [-0.1, -0.05) is 109 Å². The van der Waals surface area contributed by atoms with Gasteiger partial charge in [0.2, 0.25) is 5.91 Å². The predicted octanol–water partition coefficient (Wildman–Crippen LogP) is 3.76. The largest absolute Gasteiger partial charge is 0.394 e. The van der Waals surface area contributed by atoms with Gasteiger partial charge < -0.3 is 35.6 Å². The zero-order valence-electron chi connectivity index (χ0n) is 23.5. The molecule has 0 aliphatic carbocycles. The lowest BCUT2D eigenvalue weighted by atomic mass is 9.99. The number of nitrogens with one attached hydrogen (secondary N) is 1. The third kappa shape index (κ3) is 20.6. The van der Waals surface area contributed by atoms with Gasteiger partial charge >= 0.3 is 0 Å². The van der Waals surface area contributed by atoms with Crippen LogP contribution in [-0.2, 0) is 9.53 Å². The van der Waals surface area contributed by atoms with Crippen LogP contribution in [0.15, 0.2) is 12.2 Å². The van der Waals surface area contributed by atoms with E-state index in [9.17, 15) is 25.2 Å². The standard InChI is InChI=1S/C29H57NO7/c1-3-5-7-9-10-11-12-13-14-15-16-17-19-25(32)29(36)24(22-37-23-27(34)26(33)21-31)30-28(35)20-18-8-6-4-2/h8,18,24-27,29,31-34,36H,3-7,9-17,19-23H2,1-2H3,(H,30,35)/t24-,25+,26-,27?,29-/m0/s1. The van der Waals surface area contributed by atoms with Gasteiger partial charge in [-0.15, -0.1) is 0 Å². The number of carbonyl (C=O) groups is 1. The smallest absolute Gasteiger partial charge is 0.224 e. The summed E-state index contributed by atoms with van der Waals surface area (Å²) >= 11 is 0. The monoisotopic (exact) mass is 531 g/mol. The number of carbonyl (C=O) groups excluding carboxylic acids is 1. The molecule has 0 saturated carbocycles. The molecule has 0 heterocycles. The van der Waals surface area contributed by atoms with Crippen molar-refractivity contribution in [1.29, 1.82) is 0 Å². The maximum atomic E-state index is 12.3. The van der Waals surface area contributed by atoms with E-state index in [0.717, 1.165) is 32.1 Å². The van der Waals surface area contributed by atoms with Crippen LogP contribution < -0.4 is 5.32 Å². The first kappa shape index (κ1) is 36.0. The van der Waals surface area contributed by atoms with Gasteiger partial charge in [0.25, 0.3) is 0 Å². The lowest BCUT2D eigenvalue weighted by Gasteiger charge is -2.28. The minimum absolute atomic E-state index is 0.143. The zero-order valence-corrected chi connectivity index (χ0v) is 23.5. The highest BCUT2D eigenvalue weighted by Crippen LogP contribution is 2.15. The fraction of sp³-hybridized carbons (Fsp3) is 0.897. The van der Waals surface area contributed by atoms with Crippen LogP contribution in [0.4, 0.5) is 0 Å².